The molecular formula is C19H13Cl2N3O. The standard InChI is InChI=1S/C19H13Cl2N3O/c20-12-8-9-15(21)16(11-12)23-18-17-14(7-4-10-22-17)19(25)24(18)13-5-2-1-3-6-13/h1-11,18,23H. The van der Waals surface area contributed by atoms with E-state index in [4.69, 9.17) is 23.2 Å². The van der Waals surface area contributed by atoms with Gasteiger partial charge in [0.25, 0.3) is 5.91 Å². The van der Waals surface area contributed by atoms with Crippen molar-refractivity contribution < 1.29 is 4.79 Å². The Kier molecular flexibility index (Phi) is 4.07. The summed E-state index contributed by atoms with van der Waals surface area (Å²) < 4.78 is 0. The predicted molar refractivity (Wildman–Crippen MR) is 100 cm³/mol. The fourth-order valence-corrected chi connectivity index (χ4v) is 3.27. The number of benzene rings is 2. The minimum atomic E-state index is -0.470. The van der Waals surface area contributed by atoms with E-state index in [2.05, 4.69) is 10.3 Å². The summed E-state index contributed by atoms with van der Waals surface area (Å²) in [6, 6.07) is 18.2. The van der Waals surface area contributed by atoms with Crippen LogP contribution in [0.3, 0.4) is 0 Å². The number of halogens is 2. The first-order chi connectivity index (χ1) is 12.1. The second kappa shape index (κ2) is 6.39. The second-order valence-corrected chi connectivity index (χ2v) is 6.46. The van der Waals surface area contributed by atoms with Crippen LogP contribution >= 0.6 is 23.2 Å². The van der Waals surface area contributed by atoms with Crippen LogP contribution in [0.5, 0.6) is 0 Å². The van der Waals surface area contributed by atoms with Crippen molar-refractivity contribution >= 4 is 40.5 Å². The lowest BCUT2D eigenvalue weighted by atomic mass is 10.2. The topological polar surface area (TPSA) is 45.2 Å². The highest BCUT2D eigenvalue weighted by Crippen LogP contribution is 2.38. The molecular weight excluding hydrogens is 357 g/mol. The Labute approximate surface area is 155 Å². The van der Waals surface area contributed by atoms with Crippen LogP contribution in [0.1, 0.15) is 22.2 Å². The third-order valence-corrected chi connectivity index (χ3v) is 4.62. The van der Waals surface area contributed by atoms with Crippen molar-refractivity contribution in [1.82, 2.24) is 4.98 Å². The van der Waals surface area contributed by atoms with Gasteiger partial charge in [-0.25, -0.2) is 0 Å². The number of para-hydroxylation sites is 1. The maximum Gasteiger partial charge on any atom is 0.262 e. The summed E-state index contributed by atoms with van der Waals surface area (Å²) in [5.74, 6) is -0.107. The highest BCUT2D eigenvalue weighted by molar-refractivity contribution is 6.35. The van der Waals surface area contributed by atoms with Crippen molar-refractivity contribution in [3.63, 3.8) is 0 Å². The summed E-state index contributed by atoms with van der Waals surface area (Å²) in [5, 5.41) is 4.39. The highest BCUT2D eigenvalue weighted by Gasteiger charge is 2.39. The number of anilines is 2. The van der Waals surface area contributed by atoms with Crippen LogP contribution in [0.15, 0.2) is 66.9 Å². The molecule has 1 atom stereocenters. The summed E-state index contributed by atoms with van der Waals surface area (Å²) in [6.07, 6.45) is 1.21. The summed E-state index contributed by atoms with van der Waals surface area (Å²) in [6.45, 7) is 0. The van der Waals surface area contributed by atoms with Crippen molar-refractivity contribution in [2.24, 2.45) is 0 Å². The minimum Gasteiger partial charge on any atom is -0.359 e. The minimum absolute atomic E-state index is 0.107. The zero-order chi connectivity index (χ0) is 17.4. The van der Waals surface area contributed by atoms with Crippen LogP contribution in [0.2, 0.25) is 10.0 Å². The molecule has 0 saturated heterocycles. The van der Waals surface area contributed by atoms with Gasteiger partial charge >= 0.3 is 0 Å². The Morgan fingerprint density at radius 2 is 1.80 bits per heavy atom. The smallest absolute Gasteiger partial charge is 0.262 e. The van der Waals surface area contributed by atoms with E-state index >= 15 is 0 Å². The number of nitrogens with zero attached hydrogens (tertiary/aromatic N) is 2. The first-order valence-electron chi connectivity index (χ1n) is 7.70. The molecule has 0 spiro atoms. The number of pyridine rings is 1. The first kappa shape index (κ1) is 15.9. The van der Waals surface area contributed by atoms with Crippen molar-refractivity contribution in [2.45, 2.75) is 6.17 Å². The van der Waals surface area contributed by atoms with Gasteiger partial charge in [-0.15, -0.1) is 0 Å². The summed E-state index contributed by atoms with van der Waals surface area (Å²) >= 11 is 12.4. The summed E-state index contributed by atoms with van der Waals surface area (Å²) in [5.41, 5.74) is 2.65. The Morgan fingerprint density at radius 3 is 2.60 bits per heavy atom. The van der Waals surface area contributed by atoms with Gasteiger partial charge in [-0.3, -0.25) is 14.7 Å². The van der Waals surface area contributed by atoms with E-state index in [-0.39, 0.29) is 5.91 Å². The number of hydrogen-bond acceptors (Lipinski definition) is 3. The monoisotopic (exact) mass is 369 g/mol. The molecule has 0 aliphatic carbocycles. The van der Waals surface area contributed by atoms with E-state index in [9.17, 15) is 4.79 Å². The van der Waals surface area contributed by atoms with Crippen LogP contribution < -0.4 is 10.2 Å². The summed E-state index contributed by atoms with van der Waals surface area (Å²) in [7, 11) is 0. The van der Waals surface area contributed by atoms with Crippen LogP contribution in [0.25, 0.3) is 0 Å². The second-order valence-electron chi connectivity index (χ2n) is 5.62. The van der Waals surface area contributed by atoms with Gasteiger partial charge in [0.05, 0.1) is 22.0 Å². The molecule has 0 radical (unpaired) electrons. The van der Waals surface area contributed by atoms with Gasteiger partial charge in [0, 0.05) is 16.9 Å². The van der Waals surface area contributed by atoms with Gasteiger partial charge < -0.3 is 5.32 Å². The Bertz CT molecular complexity index is 946. The van der Waals surface area contributed by atoms with E-state index in [1.807, 2.05) is 30.3 Å². The van der Waals surface area contributed by atoms with E-state index in [0.29, 0.717) is 27.0 Å². The first-order valence-corrected chi connectivity index (χ1v) is 8.46. The van der Waals surface area contributed by atoms with Gasteiger partial charge in [0.2, 0.25) is 0 Å². The van der Waals surface area contributed by atoms with Gasteiger partial charge in [-0.05, 0) is 42.5 Å². The van der Waals surface area contributed by atoms with Crippen LogP contribution in [-0.4, -0.2) is 10.9 Å². The van der Waals surface area contributed by atoms with E-state index in [1.165, 1.54) is 0 Å². The molecule has 1 amide bonds. The van der Waals surface area contributed by atoms with Crippen molar-refractivity contribution in [3.05, 3.63) is 88.2 Å². The lowest BCUT2D eigenvalue weighted by Gasteiger charge is -2.27. The van der Waals surface area contributed by atoms with Crippen LogP contribution in [0.4, 0.5) is 11.4 Å². The molecule has 0 saturated carbocycles. The lowest BCUT2D eigenvalue weighted by Crippen LogP contribution is -2.32. The molecule has 2 heterocycles. The average Bonchev–Trinajstić information content (AvgIpc) is 2.91. The van der Waals surface area contributed by atoms with E-state index < -0.39 is 6.17 Å². The van der Waals surface area contributed by atoms with Gasteiger partial charge in [-0.2, -0.15) is 0 Å². The van der Waals surface area contributed by atoms with Gasteiger partial charge in [0.1, 0.15) is 0 Å². The Hall–Kier alpha value is -2.56. The Balaban J connectivity index is 1.81. The van der Waals surface area contributed by atoms with Crippen molar-refractivity contribution in [2.75, 3.05) is 10.2 Å². The molecule has 1 aromatic heterocycles. The number of carbonyl (C=O) groups excluding carboxylic acids is 1. The SMILES string of the molecule is O=C1c2cccnc2C(Nc2cc(Cl)ccc2Cl)N1c1ccccc1. The maximum atomic E-state index is 12.9. The zero-order valence-electron chi connectivity index (χ0n) is 13.0. The highest BCUT2D eigenvalue weighted by atomic mass is 35.5. The molecule has 0 fully saturated rings. The number of carbonyl (C=O) groups is 1. The number of aromatic nitrogens is 1. The molecule has 0 bridgehead atoms. The third kappa shape index (κ3) is 2.84. The number of fused-ring (bicyclic) bond motifs is 1. The number of amides is 1. The largest absolute Gasteiger partial charge is 0.359 e. The van der Waals surface area contributed by atoms with Crippen molar-refractivity contribution in [3.8, 4) is 0 Å². The predicted octanol–water partition coefficient (Wildman–Crippen LogP) is 5.16. The van der Waals surface area contributed by atoms with Crippen LogP contribution in [0, 0.1) is 0 Å². The fourth-order valence-electron chi connectivity index (χ4n) is 2.93. The molecule has 124 valence electrons. The molecule has 25 heavy (non-hydrogen) atoms. The molecule has 1 unspecified atom stereocenters. The lowest BCUT2D eigenvalue weighted by molar-refractivity contribution is 0.0993. The molecule has 4 rings (SSSR count). The molecule has 6 heteroatoms. The van der Waals surface area contributed by atoms with Crippen molar-refractivity contribution in [1.29, 1.82) is 0 Å². The zero-order valence-corrected chi connectivity index (χ0v) is 14.5. The summed E-state index contributed by atoms with van der Waals surface area (Å²) in [4.78, 5) is 19.0. The third-order valence-electron chi connectivity index (χ3n) is 4.06. The maximum absolute atomic E-state index is 12.9. The molecule has 3 aromatic rings. The molecule has 1 aliphatic heterocycles. The number of hydrogen-bond donors (Lipinski definition) is 1. The normalized spacial score (nSPS) is 16.0. The number of rotatable bonds is 3. The number of nitrogens with one attached hydrogen (secondary N) is 1. The Morgan fingerprint density at radius 1 is 1.00 bits per heavy atom. The molecule has 1 aliphatic rings. The quantitative estimate of drug-likeness (QED) is 0.693. The molecule has 1 N–H and O–H groups in total. The van der Waals surface area contributed by atoms with E-state index in [0.717, 1.165) is 5.69 Å². The molecule has 4 nitrogen and oxygen atoms in total. The van der Waals surface area contributed by atoms with Gasteiger partial charge in [-0.1, -0.05) is 41.4 Å². The fraction of sp³-hybridized carbons (Fsp3) is 0.0526. The average molecular weight is 370 g/mol. The van der Waals surface area contributed by atoms with Gasteiger partial charge in [0.15, 0.2) is 6.17 Å². The van der Waals surface area contributed by atoms with E-state index in [1.54, 1.807) is 41.4 Å². The molecule has 2 aromatic carbocycles. The van der Waals surface area contributed by atoms with Crippen LogP contribution in [-0.2, 0) is 0 Å².